The lowest BCUT2D eigenvalue weighted by Crippen LogP contribution is -2.37. The van der Waals surface area contributed by atoms with Crippen LogP contribution in [0.4, 0.5) is 4.79 Å². The fourth-order valence-corrected chi connectivity index (χ4v) is 1.29. The SMILES string of the molecule is CCOC(=O)/C=C/C(=O)OCC(=O)N1CCNC1=O. The number of nitrogens with zero attached hydrogens (tertiary/aromatic N) is 1. The summed E-state index contributed by atoms with van der Waals surface area (Å²) < 4.78 is 9.14. The van der Waals surface area contributed by atoms with E-state index in [4.69, 9.17) is 0 Å². The summed E-state index contributed by atoms with van der Waals surface area (Å²) in [5, 5.41) is 2.44. The lowest BCUT2D eigenvalue weighted by atomic mass is 10.5. The van der Waals surface area contributed by atoms with Gasteiger partial charge in [-0.2, -0.15) is 0 Å². The minimum atomic E-state index is -0.860. The van der Waals surface area contributed by atoms with Gasteiger partial charge in [0.2, 0.25) is 0 Å². The van der Waals surface area contributed by atoms with Gasteiger partial charge in [0.25, 0.3) is 5.91 Å². The van der Waals surface area contributed by atoms with E-state index in [0.717, 1.165) is 17.1 Å². The molecule has 1 heterocycles. The Labute approximate surface area is 109 Å². The summed E-state index contributed by atoms with van der Waals surface area (Å²) in [7, 11) is 0. The standard InChI is InChI=1S/C11H14N2O6/c1-2-18-9(15)3-4-10(16)19-7-8(14)13-6-5-12-11(13)17/h3-4H,2,5-7H2,1H3,(H,12,17)/b4-3+. The van der Waals surface area contributed by atoms with Crippen molar-refractivity contribution in [3.8, 4) is 0 Å². The fourth-order valence-electron chi connectivity index (χ4n) is 1.29. The highest BCUT2D eigenvalue weighted by molar-refractivity contribution is 5.98. The molecule has 0 aromatic heterocycles. The lowest BCUT2D eigenvalue weighted by molar-refractivity contribution is -0.146. The van der Waals surface area contributed by atoms with Crippen molar-refractivity contribution in [2.45, 2.75) is 6.92 Å². The molecule has 8 heteroatoms. The van der Waals surface area contributed by atoms with Gasteiger partial charge in [-0.05, 0) is 6.92 Å². The highest BCUT2D eigenvalue weighted by Crippen LogP contribution is 1.98. The van der Waals surface area contributed by atoms with E-state index < -0.39 is 30.5 Å². The molecule has 0 aromatic rings. The van der Waals surface area contributed by atoms with Crippen LogP contribution < -0.4 is 5.32 Å². The molecule has 0 saturated carbocycles. The molecule has 1 aliphatic rings. The average Bonchev–Trinajstić information content (AvgIpc) is 2.80. The van der Waals surface area contributed by atoms with Crippen molar-refractivity contribution in [2.75, 3.05) is 26.3 Å². The molecule has 1 saturated heterocycles. The predicted molar refractivity (Wildman–Crippen MR) is 61.8 cm³/mol. The summed E-state index contributed by atoms with van der Waals surface area (Å²) in [5.41, 5.74) is 0. The monoisotopic (exact) mass is 270 g/mol. The summed E-state index contributed by atoms with van der Waals surface area (Å²) in [6.45, 7) is 1.89. The number of amides is 3. The van der Waals surface area contributed by atoms with Crippen LogP contribution in [0.3, 0.4) is 0 Å². The quantitative estimate of drug-likeness (QED) is 0.518. The molecule has 1 rings (SSSR count). The Balaban J connectivity index is 2.32. The second-order valence-corrected chi connectivity index (χ2v) is 3.47. The van der Waals surface area contributed by atoms with E-state index in [9.17, 15) is 19.2 Å². The van der Waals surface area contributed by atoms with Crippen LogP contribution in [-0.4, -0.2) is 55.1 Å². The normalized spacial score (nSPS) is 14.4. The number of imide groups is 1. The van der Waals surface area contributed by atoms with E-state index in [1.165, 1.54) is 0 Å². The Morgan fingerprint density at radius 2 is 1.89 bits per heavy atom. The maximum Gasteiger partial charge on any atom is 0.331 e. The Morgan fingerprint density at radius 3 is 2.42 bits per heavy atom. The van der Waals surface area contributed by atoms with Gasteiger partial charge < -0.3 is 14.8 Å². The molecule has 0 bridgehead atoms. The van der Waals surface area contributed by atoms with Gasteiger partial charge in [0, 0.05) is 25.2 Å². The van der Waals surface area contributed by atoms with Crippen molar-refractivity contribution in [3.63, 3.8) is 0 Å². The third kappa shape index (κ3) is 4.78. The van der Waals surface area contributed by atoms with Gasteiger partial charge in [-0.1, -0.05) is 0 Å². The Hall–Kier alpha value is -2.38. The number of nitrogens with one attached hydrogen (secondary N) is 1. The second-order valence-electron chi connectivity index (χ2n) is 3.47. The smallest absolute Gasteiger partial charge is 0.331 e. The van der Waals surface area contributed by atoms with Crippen LogP contribution in [0.1, 0.15) is 6.92 Å². The highest BCUT2D eigenvalue weighted by Gasteiger charge is 2.26. The molecule has 8 nitrogen and oxygen atoms in total. The molecule has 19 heavy (non-hydrogen) atoms. The van der Waals surface area contributed by atoms with E-state index >= 15 is 0 Å². The first kappa shape index (κ1) is 14.7. The van der Waals surface area contributed by atoms with Crippen molar-refractivity contribution in [1.82, 2.24) is 10.2 Å². The first-order valence-electron chi connectivity index (χ1n) is 5.64. The molecule has 0 radical (unpaired) electrons. The van der Waals surface area contributed by atoms with Crippen molar-refractivity contribution < 1.29 is 28.7 Å². The van der Waals surface area contributed by atoms with Gasteiger partial charge >= 0.3 is 18.0 Å². The largest absolute Gasteiger partial charge is 0.463 e. The third-order valence-electron chi connectivity index (χ3n) is 2.14. The van der Waals surface area contributed by atoms with Crippen LogP contribution in [0.2, 0.25) is 0 Å². The zero-order valence-corrected chi connectivity index (χ0v) is 10.4. The number of rotatable bonds is 5. The summed E-state index contributed by atoms with van der Waals surface area (Å²) >= 11 is 0. The minimum absolute atomic E-state index is 0.195. The van der Waals surface area contributed by atoms with E-state index in [1.807, 2.05) is 0 Å². The Kier molecular flexibility index (Phi) is 5.52. The van der Waals surface area contributed by atoms with Crippen LogP contribution >= 0.6 is 0 Å². The molecule has 0 aromatic carbocycles. The van der Waals surface area contributed by atoms with Crippen LogP contribution in [0.15, 0.2) is 12.2 Å². The van der Waals surface area contributed by atoms with Crippen molar-refractivity contribution >= 4 is 23.9 Å². The number of ether oxygens (including phenoxy) is 2. The van der Waals surface area contributed by atoms with Gasteiger partial charge in [0.1, 0.15) is 0 Å². The van der Waals surface area contributed by atoms with Crippen LogP contribution in [0.25, 0.3) is 0 Å². The van der Waals surface area contributed by atoms with Gasteiger partial charge in [-0.15, -0.1) is 0 Å². The summed E-state index contributed by atoms with van der Waals surface area (Å²) in [6.07, 6.45) is 1.76. The zero-order valence-electron chi connectivity index (χ0n) is 10.4. The molecule has 3 amide bonds. The summed E-state index contributed by atoms with van der Waals surface area (Å²) in [5.74, 6) is -2.15. The van der Waals surface area contributed by atoms with Gasteiger partial charge in [0.05, 0.1) is 6.61 Å². The maximum absolute atomic E-state index is 11.5. The Morgan fingerprint density at radius 1 is 1.26 bits per heavy atom. The van der Waals surface area contributed by atoms with Crippen LogP contribution in [0.5, 0.6) is 0 Å². The maximum atomic E-state index is 11.5. The number of urea groups is 1. The third-order valence-corrected chi connectivity index (χ3v) is 2.14. The molecule has 104 valence electrons. The highest BCUT2D eigenvalue weighted by atomic mass is 16.5. The number of hydrogen-bond acceptors (Lipinski definition) is 6. The molecule has 1 aliphatic heterocycles. The van der Waals surface area contributed by atoms with E-state index in [1.54, 1.807) is 6.92 Å². The molecule has 0 unspecified atom stereocenters. The topological polar surface area (TPSA) is 102 Å². The first-order valence-corrected chi connectivity index (χ1v) is 5.64. The van der Waals surface area contributed by atoms with Gasteiger partial charge in [0.15, 0.2) is 6.61 Å². The number of hydrogen-bond donors (Lipinski definition) is 1. The zero-order chi connectivity index (χ0) is 14.3. The van der Waals surface area contributed by atoms with E-state index in [2.05, 4.69) is 14.8 Å². The van der Waals surface area contributed by atoms with E-state index in [-0.39, 0.29) is 13.2 Å². The number of carbonyl (C=O) groups excluding carboxylic acids is 4. The Bertz CT molecular complexity index is 417. The van der Waals surface area contributed by atoms with Crippen LogP contribution in [-0.2, 0) is 23.9 Å². The molecule has 0 spiro atoms. The van der Waals surface area contributed by atoms with E-state index in [0.29, 0.717) is 6.54 Å². The lowest BCUT2D eigenvalue weighted by Gasteiger charge is -2.11. The second kappa shape index (κ2) is 7.14. The molecular formula is C11H14N2O6. The molecule has 0 atom stereocenters. The number of esters is 2. The number of carbonyl (C=O) groups is 4. The van der Waals surface area contributed by atoms with Crippen molar-refractivity contribution in [1.29, 1.82) is 0 Å². The first-order chi connectivity index (χ1) is 9.04. The van der Waals surface area contributed by atoms with Gasteiger partial charge in [-0.3, -0.25) is 9.69 Å². The fraction of sp³-hybridized carbons (Fsp3) is 0.455. The minimum Gasteiger partial charge on any atom is -0.463 e. The van der Waals surface area contributed by atoms with Crippen molar-refractivity contribution in [2.24, 2.45) is 0 Å². The summed E-state index contributed by atoms with van der Waals surface area (Å²) in [6, 6.07) is -0.511. The van der Waals surface area contributed by atoms with Gasteiger partial charge in [-0.25, -0.2) is 14.4 Å². The van der Waals surface area contributed by atoms with Crippen molar-refractivity contribution in [3.05, 3.63) is 12.2 Å². The predicted octanol–water partition coefficient (Wildman–Crippen LogP) is -0.799. The van der Waals surface area contributed by atoms with Crippen LogP contribution in [0, 0.1) is 0 Å². The molecule has 0 aliphatic carbocycles. The molecule has 1 fully saturated rings. The molecule has 1 N–H and O–H groups in total. The average molecular weight is 270 g/mol. The molecular weight excluding hydrogens is 256 g/mol. The summed E-state index contributed by atoms with van der Waals surface area (Å²) in [4.78, 5) is 45.6.